The van der Waals surface area contributed by atoms with Gasteiger partial charge in [0.1, 0.15) is 0 Å². The lowest BCUT2D eigenvalue weighted by Crippen LogP contribution is -2.15. The van der Waals surface area contributed by atoms with Gasteiger partial charge in [-0.25, -0.2) is 4.79 Å². The number of nitrogens with zero attached hydrogens (tertiary/aromatic N) is 1. The number of carbonyl (C=O) groups is 1. The van der Waals surface area contributed by atoms with Crippen LogP contribution in [0.2, 0.25) is 0 Å². The van der Waals surface area contributed by atoms with Crippen LogP contribution < -0.4 is 5.43 Å². The topological polar surface area (TPSA) is 50.7 Å². The summed E-state index contributed by atoms with van der Waals surface area (Å²) in [4.78, 5) is 10.8. The van der Waals surface area contributed by atoms with E-state index >= 15 is 0 Å². The lowest BCUT2D eigenvalue weighted by atomic mass is 10.2. The van der Waals surface area contributed by atoms with Crippen LogP contribution in [0, 0.1) is 0 Å². The molecule has 0 saturated heterocycles. The SMILES string of the molecule is C=C1CNN=C1C(=O)OC. The van der Waals surface area contributed by atoms with Gasteiger partial charge in [-0.1, -0.05) is 6.58 Å². The summed E-state index contributed by atoms with van der Waals surface area (Å²) in [6.45, 7) is 4.14. The van der Waals surface area contributed by atoms with Crippen molar-refractivity contribution in [2.45, 2.75) is 0 Å². The fraction of sp³-hybridized carbons (Fsp3) is 0.333. The molecule has 0 spiro atoms. The Bertz CT molecular complexity index is 208. The summed E-state index contributed by atoms with van der Waals surface area (Å²) in [5.41, 5.74) is 3.59. The van der Waals surface area contributed by atoms with Gasteiger partial charge in [0.05, 0.1) is 13.7 Å². The fourth-order valence-corrected chi connectivity index (χ4v) is 0.663. The van der Waals surface area contributed by atoms with Crippen LogP contribution in [0.3, 0.4) is 0 Å². The first kappa shape index (κ1) is 6.80. The number of nitrogens with one attached hydrogen (secondary N) is 1. The molecule has 0 aliphatic carbocycles. The molecule has 54 valence electrons. The molecule has 0 amide bonds. The second kappa shape index (κ2) is 2.51. The Hall–Kier alpha value is -1.32. The largest absolute Gasteiger partial charge is 0.464 e. The lowest BCUT2D eigenvalue weighted by Gasteiger charge is -1.95. The van der Waals surface area contributed by atoms with E-state index in [1.807, 2.05) is 0 Å². The van der Waals surface area contributed by atoms with Crippen molar-refractivity contribution in [3.63, 3.8) is 0 Å². The van der Waals surface area contributed by atoms with Gasteiger partial charge in [0.15, 0.2) is 5.71 Å². The summed E-state index contributed by atoms with van der Waals surface area (Å²) >= 11 is 0. The number of ether oxygens (including phenoxy) is 1. The number of hydrazone groups is 1. The van der Waals surface area contributed by atoms with E-state index in [1.54, 1.807) is 0 Å². The van der Waals surface area contributed by atoms with Crippen molar-refractivity contribution < 1.29 is 9.53 Å². The molecule has 10 heavy (non-hydrogen) atoms. The molecule has 0 fully saturated rings. The molecule has 1 rings (SSSR count). The van der Waals surface area contributed by atoms with E-state index < -0.39 is 5.97 Å². The highest BCUT2D eigenvalue weighted by atomic mass is 16.5. The first-order valence-corrected chi connectivity index (χ1v) is 2.82. The molecule has 0 saturated carbocycles. The Morgan fingerprint density at radius 1 is 1.90 bits per heavy atom. The number of rotatable bonds is 1. The predicted octanol–water partition coefficient (Wildman–Crippen LogP) is -0.325. The second-order valence-electron chi connectivity index (χ2n) is 1.89. The maximum Gasteiger partial charge on any atom is 0.358 e. The standard InChI is InChI=1S/C6H8N2O2/c1-4-3-7-8-5(4)6(9)10-2/h7H,1,3H2,2H3. The van der Waals surface area contributed by atoms with Crippen molar-refractivity contribution in [2.75, 3.05) is 13.7 Å². The summed E-state index contributed by atoms with van der Waals surface area (Å²) in [5, 5.41) is 3.68. The van der Waals surface area contributed by atoms with Gasteiger partial charge in [0, 0.05) is 5.57 Å². The summed E-state index contributed by atoms with van der Waals surface area (Å²) in [7, 11) is 1.32. The molecule has 0 unspecified atom stereocenters. The molecule has 0 aromatic heterocycles. The predicted molar refractivity (Wildman–Crippen MR) is 36.6 cm³/mol. The Kier molecular flexibility index (Phi) is 1.71. The summed E-state index contributed by atoms with van der Waals surface area (Å²) in [5.74, 6) is -0.435. The molecule has 1 N–H and O–H groups in total. The third kappa shape index (κ3) is 1.00. The number of carbonyl (C=O) groups excluding carboxylic acids is 1. The van der Waals surface area contributed by atoms with Gasteiger partial charge in [-0.3, -0.25) is 0 Å². The summed E-state index contributed by atoms with van der Waals surface area (Å²) in [6.07, 6.45) is 0. The minimum atomic E-state index is -0.435. The van der Waals surface area contributed by atoms with E-state index in [1.165, 1.54) is 7.11 Å². The van der Waals surface area contributed by atoms with Crippen molar-refractivity contribution in [2.24, 2.45) is 5.10 Å². The summed E-state index contributed by atoms with van der Waals surface area (Å²) < 4.78 is 4.43. The van der Waals surface area contributed by atoms with E-state index in [9.17, 15) is 4.79 Å². The Morgan fingerprint density at radius 3 is 3.00 bits per heavy atom. The average Bonchev–Trinajstić information content (AvgIpc) is 2.34. The Balaban J connectivity index is 2.72. The van der Waals surface area contributed by atoms with Crippen LogP contribution in [-0.4, -0.2) is 25.3 Å². The Morgan fingerprint density at radius 2 is 2.60 bits per heavy atom. The van der Waals surface area contributed by atoms with Crippen molar-refractivity contribution in [3.8, 4) is 0 Å². The van der Waals surface area contributed by atoms with Gasteiger partial charge in [-0.05, 0) is 0 Å². The molecular weight excluding hydrogens is 132 g/mol. The zero-order chi connectivity index (χ0) is 7.56. The third-order valence-corrected chi connectivity index (χ3v) is 1.20. The van der Waals surface area contributed by atoms with Crippen LogP contribution in [0.4, 0.5) is 0 Å². The van der Waals surface area contributed by atoms with Crippen molar-refractivity contribution in [1.29, 1.82) is 0 Å². The van der Waals surface area contributed by atoms with Crippen molar-refractivity contribution in [1.82, 2.24) is 5.43 Å². The highest BCUT2D eigenvalue weighted by Crippen LogP contribution is 2.01. The van der Waals surface area contributed by atoms with Gasteiger partial charge in [0.25, 0.3) is 0 Å². The zero-order valence-corrected chi connectivity index (χ0v) is 5.68. The molecule has 0 atom stereocenters. The van der Waals surface area contributed by atoms with Gasteiger partial charge < -0.3 is 10.2 Å². The van der Waals surface area contributed by atoms with Crippen molar-refractivity contribution >= 4 is 11.7 Å². The van der Waals surface area contributed by atoms with E-state index in [2.05, 4.69) is 21.8 Å². The highest BCUT2D eigenvalue weighted by molar-refractivity contribution is 6.43. The maximum atomic E-state index is 10.8. The molecule has 0 aromatic rings. The molecule has 1 aliphatic heterocycles. The number of esters is 1. The van der Waals surface area contributed by atoms with Crippen LogP contribution in [0.1, 0.15) is 0 Å². The number of hydrogen-bond acceptors (Lipinski definition) is 4. The molecular formula is C6H8N2O2. The zero-order valence-electron chi connectivity index (χ0n) is 5.68. The lowest BCUT2D eigenvalue weighted by molar-refractivity contribution is -0.132. The van der Waals surface area contributed by atoms with Gasteiger partial charge in [0.2, 0.25) is 0 Å². The molecule has 4 heteroatoms. The van der Waals surface area contributed by atoms with Crippen LogP contribution in [0.5, 0.6) is 0 Å². The molecule has 4 nitrogen and oxygen atoms in total. The first-order chi connectivity index (χ1) is 4.75. The van der Waals surface area contributed by atoms with Gasteiger partial charge >= 0.3 is 5.97 Å². The quantitative estimate of drug-likeness (QED) is 0.507. The van der Waals surface area contributed by atoms with Crippen molar-refractivity contribution in [3.05, 3.63) is 12.2 Å². The Labute approximate surface area is 58.6 Å². The third-order valence-electron chi connectivity index (χ3n) is 1.20. The van der Waals surface area contributed by atoms with E-state index in [0.717, 1.165) is 0 Å². The monoisotopic (exact) mass is 140 g/mol. The highest BCUT2D eigenvalue weighted by Gasteiger charge is 2.19. The van der Waals surface area contributed by atoms with Gasteiger partial charge in [-0.15, -0.1) is 0 Å². The van der Waals surface area contributed by atoms with E-state index in [0.29, 0.717) is 17.8 Å². The second-order valence-corrected chi connectivity index (χ2v) is 1.89. The van der Waals surface area contributed by atoms with Crippen LogP contribution in [0.15, 0.2) is 17.3 Å². The van der Waals surface area contributed by atoms with Gasteiger partial charge in [-0.2, -0.15) is 5.10 Å². The molecule has 0 aromatic carbocycles. The van der Waals surface area contributed by atoms with Crippen LogP contribution >= 0.6 is 0 Å². The molecule has 0 radical (unpaired) electrons. The molecule has 1 heterocycles. The minimum absolute atomic E-state index is 0.294. The normalized spacial score (nSPS) is 16.1. The van der Waals surface area contributed by atoms with Crippen LogP contribution in [0.25, 0.3) is 0 Å². The van der Waals surface area contributed by atoms with Crippen LogP contribution in [-0.2, 0) is 9.53 Å². The fourth-order valence-electron chi connectivity index (χ4n) is 0.663. The minimum Gasteiger partial charge on any atom is -0.464 e. The van der Waals surface area contributed by atoms with E-state index in [-0.39, 0.29) is 0 Å². The smallest absolute Gasteiger partial charge is 0.358 e. The molecule has 0 bridgehead atoms. The summed E-state index contributed by atoms with van der Waals surface area (Å²) in [6, 6.07) is 0. The molecule has 1 aliphatic rings. The number of methoxy groups -OCH3 is 1. The maximum absolute atomic E-state index is 10.8. The average molecular weight is 140 g/mol. The van der Waals surface area contributed by atoms with E-state index in [4.69, 9.17) is 0 Å². The first-order valence-electron chi connectivity index (χ1n) is 2.82. The number of hydrogen-bond donors (Lipinski definition) is 1.